The third kappa shape index (κ3) is 1.85. The van der Waals surface area contributed by atoms with Gasteiger partial charge in [0.2, 0.25) is 11.8 Å². The maximum atomic E-state index is 12.5. The molecule has 1 aliphatic heterocycles. The molecule has 4 atom stereocenters. The first kappa shape index (κ1) is 13.4. The molecule has 1 saturated carbocycles. The molecular formula is C17H18N2O3. The number of amides is 2. The largest absolute Gasteiger partial charge is 0.497 e. The van der Waals surface area contributed by atoms with Gasteiger partial charge in [-0.15, -0.1) is 0 Å². The van der Waals surface area contributed by atoms with E-state index in [9.17, 15) is 9.59 Å². The van der Waals surface area contributed by atoms with Crippen LogP contribution in [-0.4, -0.2) is 30.5 Å². The van der Waals surface area contributed by atoms with Gasteiger partial charge in [0.25, 0.3) is 0 Å². The zero-order valence-electron chi connectivity index (χ0n) is 12.4. The van der Waals surface area contributed by atoms with E-state index in [-0.39, 0.29) is 42.2 Å². The lowest BCUT2D eigenvalue weighted by atomic mass is 9.85. The number of carbonyl (C=O) groups excluding carboxylic acids is 2. The third-order valence-electron chi connectivity index (χ3n) is 5.09. The molecule has 0 spiro atoms. The van der Waals surface area contributed by atoms with Crippen LogP contribution in [0.15, 0.2) is 36.4 Å². The molecule has 1 aromatic rings. The number of carbonyl (C=O) groups is 2. The molecule has 1 aromatic carbocycles. The Bertz CT molecular complexity index is 622. The van der Waals surface area contributed by atoms with Crippen molar-refractivity contribution in [1.82, 2.24) is 4.90 Å². The van der Waals surface area contributed by atoms with Crippen molar-refractivity contribution < 1.29 is 14.3 Å². The lowest BCUT2D eigenvalue weighted by Gasteiger charge is -2.18. The van der Waals surface area contributed by atoms with Gasteiger partial charge in [0, 0.05) is 5.69 Å². The summed E-state index contributed by atoms with van der Waals surface area (Å²) >= 11 is 0. The number of nitrogens with zero attached hydrogens (tertiary/aromatic N) is 1. The van der Waals surface area contributed by atoms with Crippen LogP contribution in [0.25, 0.3) is 0 Å². The van der Waals surface area contributed by atoms with E-state index >= 15 is 0 Å². The summed E-state index contributed by atoms with van der Waals surface area (Å²) in [5.41, 5.74) is 0.861. The quantitative estimate of drug-likeness (QED) is 0.681. The summed E-state index contributed by atoms with van der Waals surface area (Å²) in [6, 6.07) is 7.43. The lowest BCUT2D eigenvalue weighted by Crippen LogP contribution is -2.37. The number of anilines is 1. The van der Waals surface area contributed by atoms with E-state index in [4.69, 9.17) is 4.74 Å². The van der Waals surface area contributed by atoms with E-state index in [0.29, 0.717) is 0 Å². The lowest BCUT2D eigenvalue weighted by molar-refractivity contribution is -0.140. The number of rotatable bonds is 4. The molecule has 5 heteroatoms. The minimum atomic E-state index is -0.125. The fourth-order valence-corrected chi connectivity index (χ4v) is 4.00. The van der Waals surface area contributed by atoms with E-state index in [2.05, 4.69) is 17.5 Å². The molecule has 114 valence electrons. The number of allylic oxidation sites excluding steroid dienone is 2. The van der Waals surface area contributed by atoms with Crippen molar-refractivity contribution in [3.8, 4) is 5.75 Å². The number of nitrogens with one attached hydrogen (secondary N) is 1. The van der Waals surface area contributed by atoms with Gasteiger partial charge in [-0.05, 0) is 42.5 Å². The second-order valence-electron chi connectivity index (χ2n) is 6.17. The molecule has 0 radical (unpaired) electrons. The van der Waals surface area contributed by atoms with Crippen molar-refractivity contribution in [3.63, 3.8) is 0 Å². The van der Waals surface area contributed by atoms with E-state index < -0.39 is 0 Å². The van der Waals surface area contributed by atoms with Gasteiger partial charge < -0.3 is 10.1 Å². The predicted molar refractivity (Wildman–Crippen MR) is 81.1 cm³/mol. The van der Waals surface area contributed by atoms with Gasteiger partial charge in [-0.25, -0.2) is 0 Å². The van der Waals surface area contributed by atoms with Gasteiger partial charge in [0.05, 0.1) is 25.6 Å². The summed E-state index contributed by atoms with van der Waals surface area (Å²) in [5, 5.41) is 3.15. The van der Waals surface area contributed by atoms with Gasteiger partial charge in [0.15, 0.2) is 0 Å². The topological polar surface area (TPSA) is 58.6 Å². The van der Waals surface area contributed by atoms with Crippen LogP contribution in [-0.2, 0) is 9.59 Å². The molecule has 2 fully saturated rings. The number of methoxy groups -OCH3 is 1. The van der Waals surface area contributed by atoms with Crippen molar-refractivity contribution in [1.29, 1.82) is 0 Å². The Balaban J connectivity index is 1.45. The minimum absolute atomic E-state index is 0.0205. The summed E-state index contributed by atoms with van der Waals surface area (Å²) in [6.45, 7) is 0.233. The van der Waals surface area contributed by atoms with Gasteiger partial charge in [-0.1, -0.05) is 12.2 Å². The number of likely N-dealkylation sites (tertiary alicyclic amines) is 1. The normalized spacial score (nSPS) is 31.8. The molecule has 3 aliphatic rings. The fraction of sp³-hybridized carbons (Fsp3) is 0.412. The molecule has 2 aliphatic carbocycles. The maximum absolute atomic E-state index is 12.5. The Labute approximate surface area is 128 Å². The summed E-state index contributed by atoms with van der Waals surface area (Å²) in [7, 11) is 1.62. The van der Waals surface area contributed by atoms with Crippen LogP contribution >= 0.6 is 0 Å². The Kier molecular flexibility index (Phi) is 2.96. The van der Waals surface area contributed by atoms with E-state index in [0.717, 1.165) is 17.9 Å². The fourth-order valence-electron chi connectivity index (χ4n) is 4.00. The van der Waals surface area contributed by atoms with Crippen LogP contribution in [0.4, 0.5) is 5.69 Å². The Morgan fingerprint density at radius 3 is 2.23 bits per heavy atom. The zero-order chi connectivity index (χ0) is 15.3. The smallest absolute Gasteiger partial charge is 0.235 e. The molecule has 1 heterocycles. The van der Waals surface area contributed by atoms with Crippen LogP contribution in [0.3, 0.4) is 0 Å². The van der Waals surface area contributed by atoms with Crippen LogP contribution in [0.5, 0.6) is 5.75 Å². The van der Waals surface area contributed by atoms with Crippen molar-refractivity contribution in [2.45, 2.75) is 6.42 Å². The van der Waals surface area contributed by atoms with Gasteiger partial charge >= 0.3 is 0 Å². The summed E-state index contributed by atoms with van der Waals surface area (Å²) in [4.78, 5) is 26.4. The molecule has 2 amide bonds. The number of imide groups is 1. The maximum Gasteiger partial charge on any atom is 0.235 e. The van der Waals surface area contributed by atoms with Crippen LogP contribution in [0, 0.1) is 23.7 Å². The molecule has 2 bridgehead atoms. The molecule has 0 aromatic heterocycles. The van der Waals surface area contributed by atoms with Gasteiger partial charge in [-0.3, -0.25) is 14.5 Å². The number of ether oxygens (including phenoxy) is 1. The highest BCUT2D eigenvalue weighted by molar-refractivity contribution is 6.06. The van der Waals surface area contributed by atoms with Gasteiger partial charge in [-0.2, -0.15) is 0 Å². The molecular weight excluding hydrogens is 280 g/mol. The number of fused-ring (bicyclic) bond motifs is 5. The second-order valence-corrected chi connectivity index (χ2v) is 6.17. The van der Waals surface area contributed by atoms with Crippen molar-refractivity contribution in [3.05, 3.63) is 36.4 Å². The van der Waals surface area contributed by atoms with E-state index in [1.54, 1.807) is 7.11 Å². The Morgan fingerprint density at radius 1 is 1.09 bits per heavy atom. The highest BCUT2D eigenvalue weighted by Gasteiger charge is 2.59. The van der Waals surface area contributed by atoms with Crippen molar-refractivity contribution in [2.24, 2.45) is 23.7 Å². The van der Waals surface area contributed by atoms with Crippen LogP contribution < -0.4 is 10.1 Å². The molecule has 5 nitrogen and oxygen atoms in total. The van der Waals surface area contributed by atoms with E-state index in [1.807, 2.05) is 24.3 Å². The van der Waals surface area contributed by atoms with E-state index in [1.165, 1.54) is 4.90 Å². The van der Waals surface area contributed by atoms with Crippen LogP contribution in [0.2, 0.25) is 0 Å². The zero-order valence-corrected chi connectivity index (χ0v) is 12.4. The highest BCUT2D eigenvalue weighted by Crippen LogP contribution is 2.52. The number of hydrogen-bond donors (Lipinski definition) is 1. The van der Waals surface area contributed by atoms with Gasteiger partial charge in [0.1, 0.15) is 5.75 Å². The standard InChI is InChI=1S/C17H18N2O3/c1-22-13-6-4-12(5-7-13)18-9-19-16(20)14-10-2-3-11(8-10)15(14)17(19)21/h2-7,10-11,14-15,18H,8-9H2,1H3/t10-,11+,14+,15-. The first-order chi connectivity index (χ1) is 10.7. The average molecular weight is 298 g/mol. The Morgan fingerprint density at radius 2 is 1.68 bits per heavy atom. The molecule has 0 unspecified atom stereocenters. The third-order valence-corrected chi connectivity index (χ3v) is 5.09. The summed E-state index contributed by atoms with van der Waals surface area (Å²) in [6.07, 6.45) is 5.18. The molecule has 4 rings (SSSR count). The van der Waals surface area contributed by atoms with Crippen molar-refractivity contribution in [2.75, 3.05) is 19.1 Å². The Hall–Kier alpha value is -2.30. The summed E-state index contributed by atoms with van der Waals surface area (Å²) < 4.78 is 5.11. The van der Waals surface area contributed by atoms with Crippen molar-refractivity contribution >= 4 is 17.5 Å². The highest BCUT2D eigenvalue weighted by atomic mass is 16.5. The first-order valence-corrected chi connectivity index (χ1v) is 7.60. The number of hydrogen-bond acceptors (Lipinski definition) is 4. The number of benzene rings is 1. The molecule has 1 N–H and O–H groups in total. The second kappa shape index (κ2) is 4.87. The average Bonchev–Trinajstić information content (AvgIpc) is 3.21. The minimum Gasteiger partial charge on any atom is -0.497 e. The van der Waals surface area contributed by atoms with Crippen LogP contribution in [0.1, 0.15) is 6.42 Å². The molecule has 22 heavy (non-hydrogen) atoms. The SMILES string of the molecule is COc1ccc(NCN2C(=O)[C@@H]3[C@H](C2=O)[C@H]2C=C[C@@H]3C2)cc1. The molecule has 1 saturated heterocycles. The monoisotopic (exact) mass is 298 g/mol. The first-order valence-electron chi connectivity index (χ1n) is 7.60. The predicted octanol–water partition coefficient (Wildman–Crippen LogP) is 1.87. The summed E-state index contributed by atoms with van der Waals surface area (Å²) in [5.74, 6) is 1.01.